The van der Waals surface area contributed by atoms with Crippen molar-refractivity contribution in [3.63, 3.8) is 0 Å². The zero-order chi connectivity index (χ0) is 10.9. The number of pyridine rings is 1. The molecule has 0 aliphatic heterocycles. The van der Waals surface area contributed by atoms with Gasteiger partial charge in [0.05, 0.1) is 5.56 Å². The van der Waals surface area contributed by atoms with Crippen molar-refractivity contribution >= 4 is 28.4 Å². The highest BCUT2D eigenvalue weighted by Gasteiger charge is 2.21. The molecule has 0 fully saturated rings. The predicted molar refractivity (Wildman–Crippen MR) is 49.1 cm³/mol. The van der Waals surface area contributed by atoms with E-state index in [-0.39, 0.29) is 16.4 Å². The molecule has 0 radical (unpaired) electrons. The minimum Gasteiger partial charge on any atom is -0.276 e. The van der Waals surface area contributed by atoms with Crippen LogP contribution in [0.5, 0.6) is 0 Å². The minimum absolute atomic E-state index is 0.0106. The molecular formula is C8H5Cl2F2NO. The standard InChI is InChI=1S/C8H5Cl2F2NO/c1-3-6(8(11)12)4(7(10)14)2-5(9)13-3/h2,8H,1H3. The Kier molecular flexibility index (Phi) is 3.39. The van der Waals surface area contributed by atoms with Crippen molar-refractivity contribution in [3.05, 3.63) is 28.0 Å². The number of nitrogens with zero attached hydrogens (tertiary/aromatic N) is 1. The van der Waals surface area contributed by atoms with Crippen LogP contribution in [0.15, 0.2) is 6.07 Å². The van der Waals surface area contributed by atoms with E-state index in [1.165, 1.54) is 6.92 Å². The van der Waals surface area contributed by atoms with Crippen molar-refractivity contribution in [2.45, 2.75) is 13.3 Å². The molecule has 0 saturated carbocycles. The van der Waals surface area contributed by atoms with Crippen LogP contribution in [0.3, 0.4) is 0 Å². The van der Waals surface area contributed by atoms with E-state index < -0.39 is 17.2 Å². The lowest BCUT2D eigenvalue weighted by Crippen LogP contribution is -2.03. The fraction of sp³-hybridized carbons (Fsp3) is 0.250. The van der Waals surface area contributed by atoms with Crippen LogP contribution in [0.25, 0.3) is 0 Å². The summed E-state index contributed by atoms with van der Waals surface area (Å²) in [5, 5.41) is -0.997. The van der Waals surface area contributed by atoms with E-state index in [2.05, 4.69) is 4.98 Å². The van der Waals surface area contributed by atoms with Gasteiger partial charge in [-0.3, -0.25) is 4.79 Å². The van der Waals surface area contributed by atoms with Crippen LogP contribution < -0.4 is 0 Å². The Balaban J connectivity index is 3.44. The van der Waals surface area contributed by atoms with Gasteiger partial charge in [-0.15, -0.1) is 0 Å². The highest BCUT2D eigenvalue weighted by atomic mass is 35.5. The maximum absolute atomic E-state index is 12.5. The fourth-order valence-electron chi connectivity index (χ4n) is 1.08. The first-order chi connectivity index (χ1) is 6.43. The molecule has 0 N–H and O–H groups in total. The van der Waals surface area contributed by atoms with Gasteiger partial charge in [0.15, 0.2) is 0 Å². The molecule has 6 heteroatoms. The van der Waals surface area contributed by atoms with E-state index in [0.29, 0.717) is 0 Å². The molecule has 0 spiro atoms. The third-order valence-electron chi connectivity index (χ3n) is 1.65. The molecule has 1 heterocycles. The van der Waals surface area contributed by atoms with E-state index >= 15 is 0 Å². The molecule has 1 aromatic rings. The van der Waals surface area contributed by atoms with Gasteiger partial charge in [-0.25, -0.2) is 13.8 Å². The quantitative estimate of drug-likeness (QED) is 0.586. The van der Waals surface area contributed by atoms with Crippen molar-refractivity contribution in [1.29, 1.82) is 0 Å². The van der Waals surface area contributed by atoms with E-state index in [1.54, 1.807) is 0 Å². The van der Waals surface area contributed by atoms with Crippen LogP contribution >= 0.6 is 23.2 Å². The summed E-state index contributed by atoms with van der Waals surface area (Å²) >= 11 is 10.6. The van der Waals surface area contributed by atoms with Crippen LogP contribution in [0.4, 0.5) is 8.78 Å². The monoisotopic (exact) mass is 239 g/mol. The number of alkyl halides is 2. The molecule has 0 amide bonds. The Morgan fingerprint density at radius 2 is 2.14 bits per heavy atom. The lowest BCUT2D eigenvalue weighted by atomic mass is 10.1. The second-order valence-electron chi connectivity index (χ2n) is 2.57. The first-order valence-electron chi connectivity index (χ1n) is 3.58. The summed E-state index contributed by atoms with van der Waals surface area (Å²) in [6, 6.07) is 1.03. The summed E-state index contributed by atoms with van der Waals surface area (Å²) in [6.07, 6.45) is -2.79. The Bertz CT molecular complexity index is 382. The van der Waals surface area contributed by atoms with Gasteiger partial charge in [-0.1, -0.05) is 11.6 Å². The smallest absolute Gasteiger partial charge is 0.266 e. The Labute approximate surface area is 88.8 Å². The Morgan fingerprint density at radius 1 is 1.57 bits per heavy atom. The Hall–Kier alpha value is -0.740. The van der Waals surface area contributed by atoms with Crippen molar-refractivity contribution < 1.29 is 13.6 Å². The number of aryl methyl sites for hydroxylation is 1. The molecule has 0 aromatic carbocycles. The molecule has 76 valence electrons. The number of carbonyl (C=O) groups is 1. The first-order valence-corrected chi connectivity index (χ1v) is 4.34. The molecule has 0 atom stereocenters. The molecular weight excluding hydrogens is 235 g/mol. The average molecular weight is 240 g/mol. The van der Waals surface area contributed by atoms with E-state index in [1.807, 2.05) is 0 Å². The predicted octanol–water partition coefficient (Wildman–Crippen LogP) is 3.36. The number of carbonyl (C=O) groups excluding carboxylic acids is 1. The van der Waals surface area contributed by atoms with Crippen LogP contribution in [0, 0.1) is 6.92 Å². The van der Waals surface area contributed by atoms with Gasteiger partial charge in [0, 0.05) is 11.3 Å². The molecule has 1 rings (SSSR count). The summed E-state index contributed by atoms with van der Waals surface area (Å²) in [5.74, 6) is 0. The fourth-order valence-corrected chi connectivity index (χ4v) is 1.47. The molecule has 0 unspecified atom stereocenters. The lowest BCUT2D eigenvalue weighted by molar-refractivity contribution is 0.106. The summed E-state index contributed by atoms with van der Waals surface area (Å²) in [7, 11) is 0. The summed E-state index contributed by atoms with van der Waals surface area (Å²) in [4.78, 5) is 14.4. The molecule has 14 heavy (non-hydrogen) atoms. The lowest BCUT2D eigenvalue weighted by Gasteiger charge is -2.08. The Morgan fingerprint density at radius 3 is 2.57 bits per heavy atom. The number of aromatic nitrogens is 1. The third-order valence-corrected chi connectivity index (χ3v) is 2.05. The van der Waals surface area contributed by atoms with Gasteiger partial charge in [0.2, 0.25) is 0 Å². The summed E-state index contributed by atoms with van der Waals surface area (Å²) in [5.41, 5.74) is -0.745. The number of rotatable bonds is 2. The van der Waals surface area contributed by atoms with Crippen LogP contribution in [0.2, 0.25) is 5.15 Å². The van der Waals surface area contributed by atoms with Gasteiger partial charge < -0.3 is 0 Å². The number of halogens is 4. The van der Waals surface area contributed by atoms with Crippen LogP contribution in [0.1, 0.15) is 28.0 Å². The van der Waals surface area contributed by atoms with Gasteiger partial charge in [-0.2, -0.15) is 0 Å². The van der Waals surface area contributed by atoms with Gasteiger partial charge >= 0.3 is 0 Å². The normalized spacial score (nSPS) is 10.7. The zero-order valence-corrected chi connectivity index (χ0v) is 8.53. The number of hydrogen-bond donors (Lipinski definition) is 0. The number of hydrogen-bond acceptors (Lipinski definition) is 2. The second-order valence-corrected chi connectivity index (χ2v) is 3.30. The molecule has 1 aromatic heterocycles. The molecule has 2 nitrogen and oxygen atoms in total. The maximum Gasteiger partial charge on any atom is 0.266 e. The summed E-state index contributed by atoms with van der Waals surface area (Å²) in [6.45, 7) is 1.34. The van der Waals surface area contributed by atoms with E-state index in [4.69, 9.17) is 23.2 Å². The highest BCUT2D eigenvalue weighted by Crippen LogP contribution is 2.28. The first kappa shape index (κ1) is 11.3. The third kappa shape index (κ3) is 2.19. The topological polar surface area (TPSA) is 30.0 Å². The minimum atomic E-state index is -2.79. The van der Waals surface area contributed by atoms with E-state index in [9.17, 15) is 13.6 Å². The highest BCUT2D eigenvalue weighted by molar-refractivity contribution is 6.68. The van der Waals surface area contributed by atoms with Crippen LogP contribution in [-0.4, -0.2) is 10.2 Å². The van der Waals surface area contributed by atoms with Crippen molar-refractivity contribution in [3.8, 4) is 0 Å². The van der Waals surface area contributed by atoms with E-state index in [0.717, 1.165) is 6.07 Å². The SMILES string of the molecule is Cc1nc(Cl)cc(C(=O)Cl)c1C(F)F. The van der Waals surface area contributed by atoms with Gasteiger partial charge in [0.1, 0.15) is 5.15 Å². The zero-order valence-electron chi connectivity index (χ0n) is 7.02. The molecule has 0 bridgehead atoms. The van der Waals surface area contributed by atoms with Crippen molar-refractivity contribution in [2.75, 3.05) is 0 Å². The van der Waals surface area contributed by atoms with Gasteiger partial charge in [0.25, 0.3) is 11.7 Å². The molecule has 0 aliphatic carbocycles. The van der Waals surface area contributed by atoms with Crippen molar-refractivity contribution in [1.82, 2.24) is 4.98 Å². The second kappa shape index (κ2) is 4.19. The molecule has 0 saturated heterocycles. The summed E-state index contributed by atoms with van der Waals surface area (Å²) < 4.78 is 25.0. The molecule has 0 aliphatic rings. The van der Waals surface area contributed by atoms with Crippen LogP contribution in [-0.2, 0) is 0 Å². The van der Waals surface area contributed by atoms with Gasteiger partial charge in [-0.05, 0) is 24.6 Å². The largest absolute Gasteiger partial charge is 0.276 e. The van der Waals surface area contributed by atoms with Crippen molar-refractivity contribution in [2.24, 2.45) is 0 Å². The maximum atomic E-state index is 12.5. The average Bonchev–Trinajstić information content (AvgIpc) is 2.01.